The number of hydrogen-bond donors (Lipinski definition) is 1. The van der Waals surface area contributed by atoms with Gasteiger partial charge in [0.2, 0.25) is 0 Å². The van der Waals surface area contributed by atoms with Crippen molar-refractivity contribution in [2.45, 2.75) is 11.8 Å². The SMILES string of the molecule is CCOC(=O)N1CCN(C(=O)c2ccc(Cl)c(NS(=O)(=O)c3ccc(F)cc3)c2)CC1. The third-order valence-corrected chi connectivity index (χ3v) is 6.39. The molecule has 2 amide bonds. The van der Waals surface area contributed by atoms with Crippen LogP contribution in [0.2, 0.25) is 5.02 Å². The van der Waals surface area contributed by atoms with Crippen LogP contribution in [0.5, 0.6) is 0 Å². The van der Waals surface area contributed by atoms with E-state index in [-0.39, 0.29) is 33.7 Å². The van der Waals surface area contributed by atoms with Gasteiger partial charge in [0.25, 0.3) is 15.9 Å². The van der Waals surface area contributed by atoms with Gasteiger partial charge in [0.05, 0.1) is 22.2 Å². The summed E-state index contributed by atoms with van der Waals surface area (Å²) in [6.45, 7) is 3.30. The minimum atomic E-state index is -4.03. The molecule has 0 aromatic heterocycles. The second-order valence-corrected chi connectivity index (χ2v) is 8.82. The number of rotatable bonds is 5. The summed E-state index contributed by atoms with van der Waals surface area (Å²) in [5, 5.41) is 0.106. The van der Waals surface area contributed by atoms with Gasteiger partial charge in [0.15, 0.2) is 0 Å². The standard InChI is InChI=1S/C20H21ClFN3O5S/c1-2-30-20(27)25-11-9-24(10-12-25)19(26)14-3-8-17(21)18(13-14)23-31(28,29)16-6-4-15(22)5-7-16/h3-8,13,23H,2,9-12H2,1H3. The maximum atomic E-state index is 13.1. The van der Waals surface area contributed by atoms with E-state index < -0.39 is 21.9 Å². The molecule has 1 aliphatic rings. The maximum absolute atomic E-state index is 13.1. The molecule has 2 aromatic carbocycles. The lowest BCUT2D eigenvalue weighted by atomic mass is 10.1. The van der Waals surface area contributed by atoms with Gasteiger partial charge in [0.1, 0.15) is 5.82 Å². The smallest absolute Gasteiger partial charge is 0.409 e. The molecule has 11 heteroatoms. The summed E-state index contributed by atoms with van der Waals surface area (Å²) >= 11 is 6.12. The van der Waals surface area contributed by atoms with Crippen molar-refractivity contribution in [2.75, 3.05) is 37.5 Å². The minimum Gasteiger partial charge on any atom is -0.450 e. The Balaban J connectivity index is 1.73. The van der Waals surface area contributed by atoms with E-state index in [4.69, 9.17) is 16.3 Å². The number of benzene rings is 2. The molecule has 166 valence electrons. The monoisotopic (exact) mass is 469 g/mol. The fourth-order valence-electron chi connectivity index (χ4n) is 3.04. The Morgan fingerprint density at radius 2 is 1.68 bits per heavy atom. The summed E-state index contributed by atoms with van der Waals surface area (Å²) in [4.78, 5) is 27.6. The zero-order chi connectivity index (χ0) is 22.6. The molecule has 0 radical (unpaired) electrons. The first-order valence-corrected chi connectivity index (χ1v) is 11.4. The van der Waals surface area contributed by atoms with Gasteiger partial charge in [-0.05, 0) is 49.4 Å². The van der Waals surface area contributed by atoms with Crippen LogP contribution in [0, 0.1) is 5.82 Å². The number of ether oxygens (including phenoxy) is 1. The molecule has 1 N–H and O–H groups in total. The molecule has 1 fully saturated rings. The highest BCUT2D eigenvalue weighted by atomic mass is 35.5. The molecule has 0 spiro atoms. The Labute approximate surface area is 184 Å². The zero-order valence-electron chi connectivity index (χ0n) is 16.7. The third-order valence-electron chi connectivity index (χ3n) is 4.67. The molecule has 2 aromatic rings. The zero-order valence-corrected chi connectivity index (χ0v) is 18.2. The molecular weight excluding hydrogens is 449 g/mol. The summed E-state index contributed by atoms with van der Waals surface area (Å²) in [7, 11) is -4.03. The minimum absolute atomic E-state index is 0.0296. The highest BCUT2D eigenvalue weighted by Crippen LogP contribution is 2.27. The van der Waals surface area contributed by atoms with Gasteiger partial charge in [-0.15, -0.1) is 0 Å². The lowest BCUT2D eigenvalue weighted by molar-refractivity contribution is 0.0570. The first-order valence-electron chi connectivity index (χ1n) is 9.50. The van der Waals surface area contributed by atoms with Crippen molar-refractivity contribution in [1.29, 1.82) is 0 Å². The Bertz CT molecular complexity index is 1070. The number of sulfonamides is 1. The number of hydrogen-bond acceptors (Lipinski definition) is 5. The quantitative estimate of drug-likeness (QED) is 0.725. The fraction of sp³-hybridized carbons (Fsp3) is 0.300. The number of carbonyl (C=O) groups excluding carboxylic acids is 2. The molecule has 1 saturated heterocycles. The number of piperazine rings is 1. The van der Waals surface area contributed by atoms with Gasteiger partial charge in [-0.25, -0.2) is 17.6 Å². The predicted octanol–water partition coefficient (Wildman–Crippen LogP) is 3.19. The Kier molecular flexibility index (Phi) is 7.01. The lowest BCUT2D eigenvalue weighted by Gasteiger charge is -2.34. The van der Waals surface area contributed by atoms with Gasteiger partial charge < -0.3 is 14.5 Å². The molecule has 0 bridgehead atoms. The van der Waals surface area contributed by atoms with E-state index in [0.29, 0.717) is 26.2 Å². The first kappa shape index (κ1) is 22.8. The van der Waals surface area contributed by atoms with Crippen molar-refractivity contribution in [3.8, 4) is 0 Å². The number of nitrogens with one attached hydrogen (secondary N) is 1. The first-order chi connectivity index (χ1) is 14.7. The topological polar surface area (TPSA) is 96.0 Å². The van der Waals surface area contributed by atoms with E-state index in [1.807, 2.05) is 0 Å². The Morgan fingerprint density at radius 3 is 2.29 bits per heavy atom. The Morgan fingerprint density at radius 1 is 1.06 bits per heavy atom. The van der Waals surface area contributed by atoms with Gasteiger partial charge in [-0.2, -0.15) is 0 Å². The van der Waals surface area contributed by atoms with Gasteiger partial charge in [-0.3, -0.25) is 9.52 Å². The fourth-order valence-corrected chi connectivity index (χ4v) is 4.33. The normalized spacial score (nSPS) is 14.3. The molecule has 1 heterocycles. The number of nitrogens with zero attached hydrogens (tertiary/aromatic N) is 2. The Hall–Kier alpha value is -2.85. The second kappa shape index (κ2) is 9.52. The van der Waals surface area contributed by atoms with E-state index in [9.17, 15) is 22.4 Å². The van der Waals surface area contributed by atoms with E-state index >= 15 is 0 Å². The largest absolute Gasteiger partial charge is 0.450 e. The molecule has 0 saturated carbocycles. The molecule has 8 nitrogen and oxygen atoms in total. The van der Waals surface area contributed by atoms with E-state index in [1.165, 1.54) is 23.1 Å². The molecule has 0 unspecified atom stereocenters. The summed E-state index contributed by atoms with van der Waals surface area (Å²) < 4.78 is 45.5. The van der Waals surface area contributed by atoms with Crippen LogP contribution in [0.1, 0.15) is 17.3 Å². The molecular formula is C20H21ClFN3O5S. The molecule has 1 aliphatic heterocycles. The van der Waals surface area contributed by atoms with Crippen LogP contribution < -0.4 is 4.72 Å². The molecule has 31 heavy (non-hydrogen) atoms. The molecule has 0 aliphatic carbocycles. The maximum Gasteiger partial charge on any atom is 0.409 e. The molecule has 0 atom stereocenters. The van der Waals surface area contributed by atoms with Crippen LogP contribution in [0.4, 0.5) is 14.9 Å². The number of anilines is 1. The summed E-state index contributed by atoms with van der Waals surface area (Å²) in [6.07, 6.45) is -0.418. The van der Waals surface area contributed by atoms with Crippen LogP contribution >= 0.6 is 11.6 Å². The van der Waals surface area contributed by atoms with Gasteiger partial charge in [-0.1, -0.05) is 11.6 Å². The van der Waals surface area contributed by atoms with Crippen molar-refractivity contribution in [3.63, 3.8) is 0 Å². The summed E-state index contributed by atoms with van der Waals surface area (Å²) in [5.74, 6) is -0.880. The van der Waals surface area contributed by atoms with E-state index in [0.717, 1.165) is 24.3 Å². The summed E-state index contributed by atoms with van der Waals surface area (Å²) in [5.41, 5.74) is 0.271. The van der Waals surface area contributed by atoms with Crippen LogP contribution in [0.25, 0.3) is 0 Å². The van der Waals surface area contributed by atoms with Crippen molar-refractivity contribution >= 4 is 39.3 Å². The average molecular weight is 470 g/mol. The van der Waals surface area contributed by atoms with E-state index in [1.54, 1.807) is 11.8 Å². The highest BCUT2D eigenvalue weighted by molar-refractivity contribution is 7.92. The van der Waals surface area contributed by atoms with Gasteiger partial charge >= 0.3 is 6.09 Å². The van der Waals surface area contributed by atoms with Crippen LogP contribution in [0.3, 0.4) is 0 Å². The number of carbonyl (C=O) groups is 2. The van der Waals surface area contributed by atoms with Crippen LogP contribution in [-0.2, 0) is 14.8 Å². The molecule has 3 rings (SSSR count). The van der Waals surface area contributed by atoms with Crippen molar-refractivity contribution in [2.24, 2.45) is 0 Å². The predicted molar refractivity (Wildman–Crippen MR) is 113 cm³/mol. The lowest BCUT2D eigenvalue weighted by Crippen LogP contribution is -2.50. The third kappa shape index (κ3) is 5.45. The highest BCUT2D eigenvalue weighted by Gasteiger charge is 2.26. The van der Waals surface area contributed by atoms with Gasteiger partial charge in [0, 0.05) is 31.7 Å². The summed E-state index contributed by atoms with van der Waals surface area (Å²) in [6, 6.07) is 8.60. The average Bonchev–Trinajstić information content (AvgIpc) is 2.75. The van der Waals surface area contributed by atoms with Crippen molar-refractivity contribution in [3.05, 3.63) is 58.9 Å². The van der Waals surface area contributed by atoms with Crippen LogP contribution in [-0.4, -0.2) is 63.0 Å². The van der Waals surface area contributed by atoms with Crippen molar-refractivity contribution in [1.82, 2.24) is 9.80 Å². The number of amides is 2. The van der Waals surface area contributed by atoms with Crippen LogP contribution in [0.15, 0.2) is 47.4 Å². The number of halogens is 2. The second-order valence-electron chi connectivity index (χ2n) is 6.73. The van der Waals surface area contributed by atoms with Crippen molar-refractivity contribution < 1.29 is 27.1 Å². The van der Waals surface area contributed by atoms with E-state index in [2.05, 4.69) is 4.72 Å².